The van der Waals surface area contributed by atoms with Crippen molar-refractivity contribution in [3.05, 3.63) is 17.6 Å². The quantitative estimate of drug-likeness (QED) is 0.871. The lowest BCUT2D eigenvalue weighted by Crippen LogP contribution is -2.41. The molecular formula is C16H23N5OS. The van der Waals surface area contributed by atoms with Gasteiger partial charge in [-0.15, -0.1) is 10.2 Å². The summed E-state index contributed by atoms with van der Waals surface area (Å²) in [5.41, 5.74) is 1.70. The van der Waals surface area contributed by atoms with Gasteiger partial charge in [0.25, 0.3) is 0 Å². The number of hydrogen-bond acceptors (Lipinski definition) is 5. The second-order valence-electron chi connectivity index (χ2n) is 6.35. The minimum Gasteiger partial charge on any atom is -0.352 e. The first-order chi connectivity index (χ1) is 11.0. The number of hydrogen-bond donors (Lipinski definition) is 1. The number of nitrogens with one attached hydrogen (secondary N) is 1. The topological polar surface area (TPSA) is 72.2 Å². The average Bonchev–Trinajstić information content (AvgIpc) is 2.90. The van der Waals surface area contributed by atoms with E-state index in [-0.39, 0.29) is 5.91 Å². The molecule has 1 N–H and O–H groups in total. The van der Waals surface area contributed by atoms with E-state index in [1.165, 1.54) is 31.0 Å². The molecule has 1 amide bonds. The Balaban J connectivity index is 1.63. The molecule has 2 aromatic heterocycles. The Hall–Kier alpha value is -1.63. The first kappa shape index (κ1) is 16.2. The summed E-state index contributed by atoms with van der Waals surface area (Å²) in [6.07, 6.45) is 4.78. The minimum absolute atomic E-state index is 0.0724. The summed E-state index contributed by atoms with van der Waals surface area (Å²) < 4.78 is 1.90. The lowest BCUT2D eigenvalue weighted by Gasteiger charge is -2.29. The maximum Gasteiger partial charge on any atom is 0.230 e. The standard InChI is InChI=1S/C16H23N5OS/c1-10-6-4-5-7-13(10)18-15(22)9-23-16-20-19-14-8-11(2)17-12(3)21(14)16/h8,10,13H,4-7,9H2,1-3H3,(H,18,22). The van der Waals surface area contributed by atoms with Crippen molar-refractivity contribution < 1.29 is 4.79 Å². The van der Waals surface area contributed by atoms with Crippen LogP contribution in [0.25, 0.3) is 5.65 Å². The van der Waals surface area contributed by atoms with Gasteiger partial charge < -0.3 is 5.32 Å². The number of carbonyl (C=O) groups excluding carboxylic acids is 1. The van der Waals surface area contributed by atoms with Crippen LogP contribution in [0.15, 0.2) is 11.2 Å². The van der Waals surface area contributed by atoms with Gasteiger partial charge in [-0.25, -0.2) is 4.98 Å². The van der Waals surface area contributed by atoms with Gasteiger partial charge in [0, 0.05) is 17.8 Å². The van der Waals surface area contributed by atoms with Crippen LogP contribution in [0, 0.1) is 19.8 Å². The maximum atomic E-state index is 12.2. The van der Waals surface area contributed by atoms with Crippen LogP contribution < -0.4 is 5.32 Å². The molecule has 0 radical (unpaired) electrons. The molecule has 6 nitrogen and oxygen atoms in total. The van der Waals surface area contributed by atoms with Gasteiger partial charge in [0.1, 0.15) is 5.82 Å². The molecule has 0 spiro atoms. The van der Waals surface area contributed by atoms with Crippen LogP contribution in [-0.2, 0) is 4.79 Å². The van der Waals surface area contributed by atoms with E-state index in [1.54, 1.807) is 0 Å². The summed E-state index contributed by atoms with van der Waals surface area (Å²) in [7, 11) is 0. The zero-order valence-corrected chi connectivity index (χ0v) is 14.7. The van der Waals surface area contributed by atoms with Crippen LogP contribution >= 0.6 is 11.8 Å². The number of amides is 1. The molecule has 2 unspecified atom stereocenters. The molecule has 124 valence electrons. The lowest BCUT2D eigenvalue weighted by atomic mass is 9.86. The molecule has 2 aromatic rings. The molecule has 0 bridgehead atoms. The van der Waals surface area contributed by atoms with Crippen molar-refractivity contribution in [3.63, 3.8) is 0 Å². The molecule has 7 heteroatoms. The molecule has 0 saturated heterocycles. The molecule has 1 aliphatic rings. The zero-order valence-electron chi connectivity index (χ0n) is 13.9. The monoisotopic (exact) mass is 333 g/mol. The maximum absolute atomic E-state index is 12.2. The van der Waals surface area contributed by atoms with Gasteiger partial charge in [-0.3, -0.25) is 9.20 Å². The Morgan fingerprint density at radius 3 is 2.91 bits per heavy atom. The van der Waals surface area contributed by atoms with Gasteiger partial charge in [-0.2, -0.15) is 0 Å². The molecule has 0 aromatic carbocycles. The van der Waals surface area contributed by atoms with E-state index in [0.29, 0.717) is 17.7 Å². The van der Waals surface area contributed by atoms with Gasteiger partial charge in [0.05, 0.1) is 5.75 Å². The van der Waals surface area contributed by atoms with Crippen molar-refractivity contribution in [3.8, 4) is 0 Å². The van der Waals surface area contributed by atoms with Crippen molar-refractivity contribution in [2.24, 2.45) is 5.92 Å². The molecule has 3 rings (SSSR count). The number of aryl methyl sites for hydroxylation is 2. The third kappa shape index (κ3) is 3.65. The highest BCUT2D eigenvalue weighted by Gasteiger charge is 2.23. The average molecular weight is 333 g/mol. The fourth-order valence-electron chi connectivity index (χ4n) is 3.21. The molecule has 0 aliphatic heterocycles. The van der Waals surface area contributed by atoms with E-state index in [4.69, 9.17) is 0 Å². The number of nitrogens with zero attached hydrogens (tertiary/aromatic N) is 4. The highest BCUT2D eigenvalue weighted by molar-refractivity contribution is 7.99. The normalized spacial score (nSPS) is 21.5. The Bertz CT molecular complexity index is 714. The third-order valence-electron chi connectivity index (χ3n) is 4.45. The summed E-state index contributed by atoms with van der Waals surface area (Å²) in [5, 5.41) is 12.2. The molecular weight excluding hydrogens is 310 g/mol. The van der Waals surface area contributed by atoms with Crippen LogP contribution in [0.4, 0.5) is 0 Å². The summed E-state index contributed by atoms with van der Waals surface area (Å²) in [6.45, 7) is 6.09. The van der Waals surface area contributed by atoms with Crippen LogP contribution in [0.1, 0.15) is 44.1 Å². The van der Waals surface area contributed by atoms with E-state index in [0.717, 1.165) is 28.7 Å². The fourth-order valence-corrected chi connectivity index (χ4v) is 4.00. The number of fused-ring (bicyclic) bond motifs is 1. The molecule has 1 aliphatic carbocycles. The molecule has 23 heavy (non-hydrogen) atoms. The Kier molecular flexibility index (Phi) is 4.84. The Morgan fingerprint density at radius 2 is 2.13 bits per heavy atom. The number of aromatic nitrogens is 4. The third-order valence-corrected chi connectivity index (χ3v) is 5.38. The number of thioether (sulfide) groups is 1. The molecule has 1 saturated carbocycles. The van der Waals surface area contributed by atoms with E-state index in [9.17, 15) is 4.79 Å². The summed E-state index contributed by atoms with van der Waals surface area (Å²) in [4.78, 5) is 16.7. The highest BCUT2D eigenvalue weighted by Crippen LogP contribution is 2.24. The Morgan fingerprint density at radius 1 is 1.35 bits per heavy atom. The van der Waals surface area contributed by atoms with Crippen molar-refractivity contribution in [1.29, 1.82) is 0 Å². The largest absolute Gasteiger partial charge is 0.352 e. The summed E-state index contributed by atoms with van der Waals surface area (Å²) in [5.74, 6) is 1.84. The van der Waals surface area contributed by atoms with Crippen LogP contribution in [-0.4, -0.2) is 37.3 Å². The van der Waals surface area contributed by atoms with E-state index in [1.807, 2.05) is 24.3 Å². The Labute approximate surface area is 140 Å². The zero-order chi connectivity index (χ0) is 16.4. The SMILES string of the molecule is Cc1cc2nnc(SCC(=O)NC3CCCCC3C)n2c(C)n1. The van der Waals surface area contributed by atoms with E-state index >= 15 is 0 Å². The van der Waals surface area contributed by atoms with E-state index < -0.39 is 0 Å². The van der Waals surface area contributed by atoms with Gasteiger partial charge >= 0.3 is 0 Å². The minimum atomic E-state index is 0.0724. The molecule has 2 heterocycles. The second-order valence-corrected chi connectivity index (χ2v) is 7.29. The predicted molar refractivity (Wildman–Crippen MR) is 90.5 cm³/mol. The van der Waals surface area contributed by atoms with Gasteiger partial charge in [0.15, 0.2) is 10.8 Å². The fraction of sp³-hybridized carbons (Fsp3) is 0.625. The predicted octanol–water partition coefficient (Wildman–Crippen LogP) is 2.53. The summed E-state index contributed by atoms with van der Waals surface area (Å²) in [6, 6.07) is 2.21. The van der Waals surface area contributed by atoms with Crippen molar-refractivity contribution in [2.75, 3.05) is 5.75 Å². The van der Waals surface area contributed by atoms with Gasteiger partial charge in [-0.1, -0.05) is 31.5 Å². The van der Waals surface area contributed by atoms with Gasteiger partial charge in [-0.05, 0) is 32.6 Å². The second kappa shape index (κ2) is 6.86. The van der Waals surface area contributed by atoms with Crippen molar-refractivity contribution in [1.82, 2.24) is 24.9 Å². The van der Waals surface area contributed by atoms with Crippen LogP contribution in [0.2, 0.25) is 0 Å². The van der Waals surface area contributed by atoms with Crippen LogP contribution in [0.5, 0.6) is 0 Å². The summed E-state index contributed by atoms with van der Waals surface area (Å²) >= 11 is 1.41. The van der Waals surface area contributed by atoms with E-state index in [2.05, 4.69) is 27.4 Å². The lowest BCUT2D eigenvalue weighted by molar-refractivity contribution is -0.119. The highest BCUT2D eigenvalue weighted by atomic mass is 32.2. The smallest absolute Gasteiger partial charge is 0.230 e. The van der Waals surface area contributed by atoms with Crippen LogP contribution in [0.3, 0.4) is 0 Å². The first-order valence-electron chi connectivity index (χ1n) is 8.16. The number of carbonyl (C=O) groups is 1. The van der Waals surface area contributed by atoms with Crippen molar-refractivity contribution in [2.45, 2.75) is 57.7 Å². The van der Waals surface area contributed by atoms with Gasteiger partial charge in [0.2, 0.25) is 5.91 Å². The molecule has 2 atom stereocenters. The molecule has 1 fully saturated rings. The first-order valence-corrected chi connectivity index (χ1v) is 9.14. The van der Waals surface area contributed by atoms with Crippen molar-refractivity contribution >= 4 is 23.3 Å². The number of rotatable bonds is 4.